The van der Waals surface area contributed by atoms with Crippen molar-refractivity contribution in [3.63, 3.8) is 0 Å². The molecule has 146 valence electrons. The molecular formula is C19H19FN4O3S. The number of rotatable bonds is 5. The Morgan fingerprint density at radius 2 is 1.82 bits per heavy atom. The van der Waals surface area contributed by atoms with E-state index in [1.165, 1.54) is 22.5 Å². The van der Waals surface area contributed by atoms with Gasteiger partial charge in [-0.3, -0.25) is 9.69 Å². The van der Waals surface area contributed by atoms with E-state index in [-0.39, 0.29) is 30.4 Å². The Morgan fingerprint density at radius 1 is 1.11 bits per heavy atom. The molecule has 0 aliphatic carbocycles. The summed E-state index contributed by atoms with van der Waals surface area (Å²) in [5.41, 5.74) is 0.823. The Kier molecular flexibility index (Phi) is 6.04. The summed E-state index contributed by atoms with van der Waals surface area (Å²) >= 11 is 0. The minimum Gasteiger partial charge on any atom is -0.324 e. The van der Waals surface area contributed by atoms with Gasteiger partial charge in [0.05, 0.1) is 22.7 Å². The number of carbonyl (C=O) groups is 1. The van der Waals surface area contributed by atoms with Crippen LogP contribution in [-0.2, 0) is 14.8 Å². The molecule has 1 aliphatic heterocycles. The third-order valence-corrected chi connectivity index (χ3v) is 6.35. The first kappa shape index (κ1) is 19.9. The van der Waals surface area contributed by atoms with E-state index >= 15 is 0 Å². The Labute approximate surface area is 163 Å². The van der Waals surface area contributed by atoms with Gasteiger partial charge in [-0.25, -0.2) is 12.8 Å². The molecule has 0 unspecified atom stereocenters. The highest BCUT2D eigenvalue weighted by atomic mass is 32.2. The fraction of sp³-hybridized carbons (Fsp3) is 0.263. The predicted octanol–water partition coefficient (Wildman–Crippen LogP) is 1.64. The fourth-order valence-corrected chi connectivity index (χ4v) is 4.44. The Balaban J connectivity index is 1.57. The van der Waals surface area contributed by atoms with Gasteiger partial charge in [0.15, 0.2) is 0 Å². The van der Waals surface area contributed by atoms with E-state index in [0.717, 1.165) is 6.07 Å². The highest BCUT2D eigenvalue weighted by molar-refractivity contribution is 7.89. The molecule has 2 aromatic carbocycles. The van der Waals surface area contributed by atoms with E-state index < -0.39 is 15.8 Å². The van der Waals surface area contributed by atoms with Gasteiger partial charge in [-0.1, -0.05) is 18.2 Å². The maximum absolute atomic E-state index is 13.3. The average Bonchev–Trinajstić information content (AvgIpc) is 2.69. The summed E-state index contributed by atoms with van der Waals surface area (Å²) in [6, 6.07) is 13.7. The van der Waals surface area contributed by atoms with Gasteiger partial charge in [-0.2, -0.15) is 9.57 Å². The smallest absolute Gasteiger partial charge is 0.243 e. The Hall–Kier alpha value is -2.80. The van der Waals surface area contributed by atoms with E-state index in [9.17, 15) is 17.6 Å². The second kappa shape index (κ2) is 8.48. The van der Waals surface area contributed by atoms with Crippen LogP contribution in [0.25, 0.3) is 0 Å². The van der Waals surface area contributed by atoms with Crippen LogP contribution in [0.3, 0.4) is 0 Å². The second-order valence-electron chi connectivity index (χ2n) is 6.34. The number of hydrogen-bond donors (Lipinski definition) is 1. The lowest BCUT2D eigenvalue weighted by Crippen LogP contribution is -2.50. The Bertz CT molecular complexity index is 1010. The zero-order valence-electron chi connectivity index (χ0n) is 15.0. The number of carbonyl (C=O) groups excluding carboxylic acids is 1. The highest BCUT2D eigenvalue weighted by Crippen LogP contribution is 2.19. The van der Waals surface area contributed by atoms with Crippen molar-refractivity contribution in [2.75, 3.05) is 38.0 Å². The highest BCUT2D eigenvalue weighted by Gasteiger charge is 2.29. The first-order valence-corrected chi connectivity index (χ1v) is 10.1. The molecule has 9 heteroatoms. The third kappa shape index (κ3) is 4.54. The first-order chi connectivity index (χ1) is 13.4. The van der Waals surface area contributed by atoms with E-state index in [2.05, 4.69) is 5.32 Å². The number of hydrogen-bond acceptors (Lipinski definition) is 5. The molecular weight excluding hydrogens is 383 g/mol. The van der Waals surface area contributed by atoms with Crippen LogP contribution in [0, 0.1) is 17.1 Å². The second-order valence-corrected chi connectivity index (χ2v) is 8.28. The van der Waals surface area contributed by atoms with Crippen molar-refractivity contribution in [3.05, 3.63) is 59.9 Å². The molecule has 7 nitrogen and oxygen atoms in total. The lowest BCUT2D eigenvalue weighted by Gasteiger charge is -2.33. The molecule has 1 amide bonds. The van der Waals surface area contributed by atoms with Crippen LogP contribution in [0.5, 0.6) is 0 Å². The fourth-order valence-electron chi connectivity index (χ4n) is 2.99. The van der Waals surface area contributed by atoms with E-state index in [1.54, 1.807) is 24.3 Å². The van der Waals surface area contributed by atoms with E-state index in [1.807, 2.05) is 11.0 Å². The topological polar surface area (TPSA) is 93.5 Å². The molecule has 28 heavy (non-hydrogen) atoms. The summed E-state index contributed by atoms with van der Waals surface area (Å²) in [7, 11) is -3.76. The summed E-state index contributed by atoms with van der Waals surface area (Å²) in [4.78, 5) is 14.0. The lowest BCUT2D eigenvalue weighted by atomic mass is 10.2. The van der Waals surface area contributed by atoms with E-state index in [0.29, 0.717) is 24.3 Å². The molecule has 3 rings (SSSR count). The van der Waals surface area contributed by atoms with Gasteiger partial charge >= 0.3 is 0 Å². The van der Waals surface area contributed by atoms with Gasteiger partial charge in [0.25, 0.3) is 0 Å². The number of benzene rings is 2. The van der Waals surface area contributed by atoms with Gasteiger partial charge in [0.2, 0.25) is 15.9 Å². The monoisotopic (exact) mass is 402 g/mol. The zero-order chi connectivity index (χ0) is 20.1. The van der Waals surface area contributed by atoms with Gasteiger partial charge < -0.3 is 5.32 Å². The van der Waals surface area contributed by atoms with Crippen molar-refractivity contribution >= 4 is 21.6 Å². The number of nitrogens with zero attached hydrogens (tertiary/aromatic N) is 3. The number of piperazine rings is 1. The minimum absolute atomic E-state index is 0.0770. The van der Waals surface area contributed by atoms with Crippen LogP contribution in [0.2, 0.25) is 0 Å². The third-order valence-electron chi connectivity index (χ3n) is 4.45. The summed E-state index contributed by atoms with van der Waals surface area (Å²) < 4.78 is 39.9. The van der Waals surface area contributed by atoms with Crippen LogP contribution in [0.4, 0.5) is 10.1 Å². The molecule has 1 N–H and O–H groups in total. The quantitative estimate of drug-likeness (QED) is 0.821. The number of nitrogens with one attached hydrogen (secondary N) is 1. The molecule has 2 aromatic rings. The van der Waals surface area contributed by atoms with Crippen LogP contribution in [0.1, 0.15) is 5.56 Å². The van der Waals surface area contributed by atoms with Gasteiger partial charge in [0.1, 0.15) is 11.9 Å². The molecule has 1 saturated heterocycles. The number of nitriles is 1. The maximum atomic E-state index is 13.3. The number of halogens is 1. The molecule has 0 bridgehead atoms. The summed E-state index contributed by atoms with van der Waals surface area (Å²) in [5.74, 6) is -0.877. The molecule has 0 aromatic heterocycles. The standard InChI is InChI=1S/C19H19FN4O3S/c20-16-5-3-6-17(12-16)28(26,27)24-10-8-23(9-11-24)14-19(25)22-18-7-2-1-4-15(18)13-21/h1-7,12H,8-11,14H2,(H,22,25). The molecule has 0 radical (unpaired) electrons. The van der Waals surface area contributed by atoms with E-state index in [4.69, 9.17) is 5.26 Å². The molecule has 0 atom stereocenters. The van der Waals surface area contributed by atoms with Crippen molar-refractivity contribution in [1.82, 2.24) is 9.21 Å². The molecule has 0 saturated carbocycles. The summed E-state index contributed by atoms with van der Waals surface area (Å²) in [6.07, 6.45) is 0. The average molecular weight is 402 g/mol. The normalized spacial score (nSPS) is 15.7. The van der Waals surface area contributed by atoms with Crippen molar-refractivity contribution in [2.24, 2.45) is 0 Å². The largest absolute Gasteiger partial charge is 0.324 e. The minimum atomic E-state index is -3.76. The van der Waals surface area contributed by atoms with Crippen molar-refractivity contribution < 1.29 is 17.6 Å². The first-order valence-electron chi connectivity index (χ1n) is 8.67. The molecule has 1 fully saturated rings. The Morgan fingerprint density at radius 3 is 2.50 bits per heavy atom. The predicted molar refractivity (Wildman–Crippen MR) is 101 cm³/mol. The zero-order valence-corrected chi connectivity index (χ0v) is 15.8. The van der Waals surface area contributed by atoms with Gasteiger partial charge in [-0.15, -0.1) is 0 Å². The number of anilines is 1. The van der Waals surface area contributed by atoms with Crippen LogP contribution in [-0.4, -0.2) is 56.3 Å². The summed E-state index contributed by atoms with van der Waals surface area (Å²) in [6.45, 7) is 1.26. The summed E-state index contributed by atoms with van der Waals surface area (Å²) in [5, 5.41) is 11.8. The number of para-hydroxylation sites is 1. The van der Waals surface area contributed by atoms with Crippen LogP contribution < -0.4 is 5.32 Å². The molecule has 1 aliphatic rings. The van der Waals surface area contributed by atoms with Crippen molar-refractivity contribution in [2.45, 2.75) is 4.90 Å². The van der Waals surface area contributed by atoms with Crippen LogP contribution in [0.15, 0.2) is 53.4 Å². The maximum Gasteiger partial charge on any atom is 0.243 e. The van der Waals surface area contributed by atoms with Crippen molar-refractivity contribution in [1.29, 1.82) is 5.26 Å². The lowest BCUT2D eigenvalue weighted by molar-refractivity contribution is -0.117. The molecule has 0 spiro atoms. The van der Waals surface area contributed by atoms with Crippen molar-refractivity contribution in [3.8, 4) is 6.07 Å². The number of amides is 1. The van der Waals surface area contributed by atoms with Crippen LogP contribution >= 0.6 is 0 Å². The SMILES string of the molecule is N#Cc1ccccc1NC(=O)CN1CCN(S(=O)(=O)c2cccc(F)c2)CC1. The molecule has 1 heterocycles. The van der Waals surface area contributed by atoms with Gasteiger partial charge in [-0.05, 0) is 30.3 Å². The van der Waals surface area contributed by atoms with Gasteiger partial charge in [0, 0.05) is 26.2 Å². The number of sulfonamides is 1.